The van der Waals surface area contributed by atoms with Gasteiger partial charge in [-0.25, -0.2) is 4.39 Å². The lowest BCUT2D eigenvalue weighted by atomic mass is 9.89. The van der Waals surface area contributed by atoms with E-state index in [0.29, 0.717) is 0 Å². The normalized spacial score (nSPS) is 21.0. The van der Waals surface area contributed by atoms with Crippen LogP contribution in [0.4, 0.5) is 4.39 Å². The summed E-state index contributed by atoms with van der Waals surface area (Å²) >= 11 is 1.69. The van der Waals surface area contributed by atoms with Crippen molar-refractivity contribution >= 4 is 29.4 Å². The molecule has 2 unspecified atom stereocenters. The summed E-state index contributed by atoms with van der Waals surface area (Å²) < 4.78 is 13.7. The lowest BCUT2D eigenvalue weighted by molar-refractivity contribution is -0.137. The summed E-state index contributed by atoms with van der Waals surface area (Å²) in [6, 6.07) is 12.9. The summed E-state index contributed by atoms with van der Waals surface area (Å²) in [6.07, 6.45) is 4.14. The number of hydrogen-bond donors (Lipinski definition) is 1. The molecular weight excluding hydrogens is 323 g/mol. The van der Waals surface area contributed by atoms with Crippen molar-refractivity contribution in [1.29, 1.82) is 0 Å². The van der Waals surface area contributed by atoms with E-state index < -0.39 is 5.97 Å². The first-order valence-corrected chi connectivity index (χ1v) is 9.09. The highest BCUT2D eigenvalue weighted by molar-refractivity contribution is 7.98. The number of halogens is 1. The molecule has 1 aliphatic rings. The molecule has 0 radical (unpaired) electrons. The van der Waals surface area contributed by atoms with Gasteiger partial charge in [-0.05, 0) is 58.7 Å². The molecule has 0 fully saturated rings. The topological polar surface area (TPSA) is 37.3 Å². The maximum absolute atomic E-state index is 13.7. The van der Waals surface area contributed by atoms with Crippen molar-refractivity contribution in [1.82, 2.24) is 0 Å². The molecule has 0 bridgehead atoms. The van der Waals surface area contributed by atoms with Gasteiger partial charge in [-0.1, -0.05) is 31.2 Å². The van der Waals surface area contributed by atoms with Crippen LogP contribution in [0.1, 0.15) is 36.0 Å². The fraction of sp³-hybridized carbons (Fsp3) is 0.250. The van der Waals surface area contributed by atoms with Crippen molar-refractivity contribution < 1.29 is 14.3 Å². The predicted octanol–water partition coefficient (Wildman–Crippen LogP) is 5.30. The molecule has 0 aromatic heterocycles. The first-order chi connectivity index (χ1) is 11.5. The van der Waals surface area contributed by atoms with Crippen molar-refractivity contribution in [3.05, 3.63) is 65.0 Å². The Morgan fingerprint density at radius 1 is 1.25 bits per heavy atom. The molecule has 2 aromatic carbocycles. The molecule has 0 amide bonds. The summed E-state index contributed by atoms with van der Waals surface area (Å²) in [7, 11) is 0. The van der Waals surface area contributed by atoms with Gasteiger partial charge < -0.3 is 5.11 Å². The number of rotatable bonds is 4. The van der Waals surface area contributed by atoms with E-state index in [0.717, 1.165) is 22.3 Å². The van der Waals surface area contributed by atoms with Crippen LogP contribution in [0.25, 0.3) is 11.6 Å². The minimum Gasteiger partial charge on any atom is -0.481 e. The third-order valence-corrected chi connectivity index (χ3v) is 5.39. The Morgan fingerprint density at radius 2 is 1.96 bits per heavy atom. The molecule has 4 heteroatoms. The van der Waals surface area contributed by atoms with Gasteiger partial charge in [0.05, 0.1) is 6.42 Å². The molecule has 0 aliphatic heterocycles. The first kappa shape index (κ1) is 16.8. The standard InChI is InChI=1S/C20H19FO2S/c1-12-17(9-13-3-6-15(24-2)7-4-13)16-8-5-14(21)10-19(16)18(12)11-20(22)23/h3-10,12,18H,11H2,1-2H3,(H,22,23). The third kappa shape index (κ3) is 3.24. The van der Waals surface area contributed by atoms with E-state index in [1.165, 1.54) is 17.0 Å². The summed E-state index contributed by atoms with van der Waals surface area (Å²) in [5.74, 6) is -1.32. The maximum Gasteiger partial charge on any atom is 0.303 e. The Balaban J connectivity index is 2.04. The van der Waals surface area contributed by atoms with Crippen LogP contribution >= 0.6 is 11.8 Å². The van der Waals surface area contributed by atoms with E-state index in [9.17, 15) is 14.3 Å². The average Bonchev–Trinajstić information content (AvgIpc) is 2.80. The highest BCUT2D eigenvalue weighted by Crippen LogP contribution is 2.48. The fourth-order valence-electron chi connectivity index (χ4n) is 3.40. The van der Waals surface area contributed by atoms with E-state index in [4.69, 9.17) is 0 Å². The quantitative estimate of drug-likeness (QED) is 0.767. The molecule has 0 heterocycles. The number of fused-ring (bicyclic) bond motifs is 1. The highest BCUT2D eigenvalue weighted by atomic mass is 32.2. The number of carboxylic acid groups (broad SMARTS) is 1. The van der Waals surface area contributed by atoms with E-state index in [1.54, 1.807) is 17.8 Å². The van der Waals surface area contributed by atoms with Crippen LogP contribution in [0.5, 0.6) is 0 Å². The number of carboxylic acids is 1. The third-order valence-electron chi connectivity index (χ3n) is 4.65. The van der Waals surface area contributed by atoms with E-state index in [2.05, 4.69) is 30.3 Å². The van der Waals surface area contributed by atoms with Gasteiger partial charge >= 0.3 is 5.97 Å². The van der Waals surface area contributed by atoms with Crippen molar-refractivity contribution in [2.45, 2.75) is 24.2 Å². The highest BCUT2D eigenvalue weighted by Gasteiger charge is 2.35. The van der Waals surface area contributed by atoms with Crippen LogP contribution in [-0.4, -0.2) is 17.3 Å². The predicted molar refractivity (Wildman–Crippen MR) is 96.7 cm³/mol. The molecule has 0 saturated heterocycles. The van der Waals surface area contributed by atoms with Crippen LogP contribution in [0.3, 0.4) is 0 Å². The molecular formula is C20H19FO2S. The second-order valence-electron chi connectivity index (χ2n) is 6.10. The second kappa shape index (κ2) is 6.81. The van der Waals surface area contributed by atoms with Gasteiger partial charge in [0, 0.05) is 10.8 Å². The van der Waals surface area contributed by atoms with Gasteiger partial charge in [-0.3, -0.25) is 4.79 Å². The summed E-state index contributed by atoms with van der Waals surface area (Å²) in [5.41, 5.74) is 3.91. The SMILES string of the molecule is CSc1ccc(C=C2c3ccc(F)cc3C(CC(=O)O)C2C)cc1. The zero-order valence-corrected chi connectivity index (χ0v) is 14.4. The van der Waals surface area contributed by atoms with E-state index in [-0.39, 0.29) is 24.1 Å². The molecule has 2 nitrogen and oxygen atoms in total. The maximum atomic E-state index is 13.7. The minimum absolute atomic E-state index is 0.0143. The van der Waals surface area contributed by atoms with Crippen molar-refractivity contribution in [3.8, 4) is 0 Å². The smallest absolute Gasteiger partial charge is 0.303 e. The average molecular weight is 342 g/mol. The number of thioether (sulfide) groups is 1. The number of hydrogen-bond acceptors (Lipinski definition) is 2. The molecule has 24 heavy (non-hydrogen) atoms. The number of carbonyl (C=O) groups is 1. The minimum atomic E-state index is -0.854. The Kier molecular flexibility index (Phi) is 4.76. The fourth-order valence-corrected chi connectivity index (χ4v) is 3.81. The summed E-state index contributed by atoms with van der Waals surface area (Å²) in [4.78, 5) is 12.4. The first-order valence-electron chi connectivity index (χ1n) is 7.87. The molecule has 2 atom stereocenters. The van der Waals surface area contributed by atoms with E-state index in [1.807, 2.05) is 13.2 Å². The molecule has 0 spiro atoms. The number of allylic oxidation sites excluding steroid dienone is 1. The summed E-state index contributed by atoms with van der Waals surface area (Å²) in [5, 5.41) is 9.20. The number of benzene rings is 2. The molecule has 0 saturated carbocycles. The zero-order valence-electron chi connectivity index (χ0n) is 13.6. The van der Waals surface area contributed by atoms with Crippen molar-refractivity contribution in [2.75, 3.05) is 6.26 Å². The van der Waals surface area contributed by atoms with E-state index >= 15 is 0 Å². The van der Waals surface area contributed by atoms with Gasteiger partial charge in [0.1, 0.15) is 5.82 Å². The Labute approximate surface area is 145 Å². The van der Waals surface area contributed by atoms with Crippen LogP contribution < -0.4 is 0 Å². The Morgan fingerprint density at radius 3 is 2.58 bits per heavy atom. The van der Waals surface area contributed by atoms with Crippen LogP contribution in [0, 0.1) is 11.7 Å². The van der Waals surface area contributed by atoms with Crippen LogP contribution in [0.2, 0.25) is 0 Å². The van der Waals surface area contributed by atoms with Gasteiger partial charge in [-0.2, -0.15) is 0 Å². The molecule has 1 aliphatic carbocycles. The lowest BCUT2D eigenvalue weighted by Gasteiger charge is -2.15. The zero-order chi connectivity index (χ0) is 17.3. The van der Waals surface area contributed by atoms with Gasteiger partial charge in [0.25, 0.3) is 0 Å². The number of aliphatic carboxylic acids is 1. The monoisotopic (exact) mass is 342 g/mol. The molecule has 1 N–H and O–H groups in total. The molecule has 2 aromatic rings. The summed E-state index contributed by atoms with van der Waals surface area (Å²) in [6.45, 7) is 2.02. The van der Waals surface area contributed by atoms with Crippen molar-refractivity contribution in [2.24, 2.45) is 5.92 Å². The molecule has 124 valence electrons. The Bertz CT molecular complexity index is 796. The van der Waals surface area contributed by atoms with Crippen LogP contribution in [-0.2, 0) is 4.79 Å². The lowest BCUT2D eigenvalue weighted by Crippen LogP contribution is -2.09. The molecule has 3 rings (SSSR count). The largest absolute Gasteiger partial charge is 0.481 e. The second-order valence-corrected chi connectivity index (χ2v) is 6.98. The van der Waals surface area contributed by atoms with Gasteiger partial charge in [0.2, 0.25) is 0 Å². The van der Waals surface area contributed by atoms with Gasteiger partial charge in [0.15, 0.2) is 0 Å². The van der Waals surface area contributed by atoms with Crippen LogP contribution in [0.15, 0.2) is 47.4 Å². The Hall–Kier alpha value is -2.07. The van der Waals surface area contributed by atoms with Gasteiger partial charge in [-0.15, -0.1) is 11.8 Å². The van der Waals surface area contributed by atoms with Crippen molar-refractivity contribution in [3.63, 3.8) is 0 Å².